The quantitative estimate of drug-likeness (QED) is 0.481. The Morgan fingerprint density at radius 3 is 2.72 bits per heavy atom. The smallest absolute Gasteiger partial charge is 0.233 e. The predicted octanol–water partition coefficient (Wildman–Crippen LogP) is 4.26. The van der Waals surface area contributed by atoms with Crippen molar-refractivity contribution in [3.63, 3.8) is 0 Å². The molecule has 2 aromatic heterocycles. The molecule has 0 unspecified atom stereocenters. The van der Waals surface area contributed by atoms with Gasteiger partial charge in [-0.15, -0.1) is 0 Å². The summed E-state index contributed by atoms with van der Waals surface area (Å²) < 4.78 is 0. The second kappa shape index (κ2) is 8.27. The Kier molecular flexibility index (Phi) is 5.83. The number of thiophene rings is 1. The number of thioether (sulfide) groups is 1. The van der Waals surface area contributed by atoms with Gasteiger partial charge in [0.25, 0.3) is 0 Å². The molecule has 1 amide bonds. The summed E-state index contributed by atoms with van der Waals surface area (Å²) in [6.07, 6.45) is 0. The number of hydrogen-bond acceptors (Lipinski definition) is 5. The minimum atomic E-state index is 0.0718. The van der Waals surface area contributed by atoms with E-state index in [-0.39, 0.29) is 5.91 Å². The van der Waals surface area contributed by atoms with Crippen LogP contribution in [0.15, 0.2) is 58.4 Å². The molecule has 0 bridgehead atoms. The zero-order valence-electron chi connectivity index (χ0n) is 14.2. The fourth-order valence-corrected chi connectivity index (χ4v) is 3.85. The Morgan fingerprint density at radius 1 is 1.20 bits per heavy atom. The molecule has 0 spiro atoms. The maximum atomic E-state index is 12.3. The molecule has 25 heavy (non-hydrogen) atoms. The summed E-state index contributed by atoms with van der Waals surface area (Å²) in [4.78, 5) is 23.1. The molecular formula is C19H19N3OS2. The Balaban J connectivity index is 1.64. The minimum Gasteiger partial charge on any atom is -0.341 e. The first-order chi connectivity index (χ1) is 12.1. The van der Waals surface area contributed by atoms with Crippen molar-refractivity contribution in [2.45, 2.75) is 18.6 Å². The van der Waals surface area contributed by atoms with Crippen molar-refractivity contribution in [1.29, 1.82) is 0 Å². The number of carbonyl (C=O) groups is 1. The average molecular weight is 370 g/mol. The van der Waals surface area contributed by atoms with Crippen LogP contribution in [0, 0.1) is 6.92 Å². The van der Waals surface area contributed by atoms with Crippen LogP contribution < -0.4 is 0 Å². The summed E-state index contributed by atoms with van der Waals surface area (Å²) in [5.41, 5.74) is 3.99. The molecular weight excluding hydrogens is 350 g/mol. The number of benzene rings is 1. The van der Waals surface area contributed by atoms with Crippen molar-refractivity contribution in [3.05, 3.63) is 64.5 Å². The lowest BCUT2D eigenvalue weighted by Gasteiger charge is -2.16. The van der Waals surface area contributed by atoms with E-state index in [1.807, 2.05) is 61.8 Å². The molecule has 0 saturated heterocycles. The molecule has 4 nitrogen and oxygen atoms in total. The normalized spacial score (nSPS) is 10.6. The lowest BCUT2D eigenvalue weighted by atomic mass is 10.1. The van der Waals surface area contributed by atoms with Crippen LogP contribution >= 0.6 is 23.1 Å². The zero-order chi connectivity index (χ0) is 17.6. The van der Waals surface area contributed by atoms with Crippen LogP contribution in [0.2, 0.25) is 0 Å². The lowest BCUT2D eigenvalue weighted by Crippen LogP contribution is -2.27. The molecule has 6 heteroatoms. The average Bonchev–Trinajstić information content (AvgIpc) is 3.13. The van der Waals surface area contributed by atoms with Crippen molar-refractivity contribution >= 4 is 29.0 Å². The summed E-state index contributed by atoms with van der Waals surface area (Å²) >= 11 is 3.02. The van der Waals surface area contributed by atoms with Gasteiger partial charge in [0.2, 0.25) is 5.91 Å². The monoisotopic (exact) mass is 369 g/mol. The highest BCUT2D eigenvalue weighted by molar-refractivity contribution is 7.99. The summed E-state index contributed by atoms with van der Waals surface area (Å²) in [5.74, 6) is 0.403. The van der Waals surface area contributed by atoms with Crippen LogP contribution in [0.25, 0.3) is 11.3 Å². The van der Waals surface area contributed by atoms with Gasteiger partial charge in [-0.1, -0.05) is 42.1 Å². The topological polar surface area (TPSA) is 46.1 Å². The summed E-state index contributed by atoms with van der Waals surface area (Å²) in [5, 5.41) is 4.72. The van der Waals surface area contributed by atoms with E-state index >= 15 is 0 Å². The van der Waals surface area contributed by atoms with E-state index in [9.17, 15) is 4.79 Å². The maximum absolute atomic E-state index is 12.3. The summed E-state index contributed by atoms with van der Waals surface area (Å²) in [6.45, 7) is 2.58. The predicted molar refractivity (Wildman–Crippen MR) is 104 cm³/mol. The number of nitrogens with zero attached hydrogens (tertiary/aromatic N) is 3. The molecule has 1 aromatic carbocycles. The number of carbonyl (C=O) groups excluding carboxylic acids is 1. The van der Waals surface area contributed by atoms with E-state index in [0.29, 0.717) is 17.5 Å². The third-order valence-electron chi connectivity index (χ3n) is 3.65. The van der Waals surface area contributed by atoms with Crippen molar-refractivity contribution in [3.8, 4) is 11.3 Å². The number of aryl methyl sites for hydroxylation is 1. The Hall–Kier alpha value is -2.18. The molecule has 3 aromatic rings. The molecule has 0 N–H and O–H groups in total. The molecule has 0 aliphatic heterocycles. The van der Waals surface area contributed by atoms with Gasteiger partial charge >= 0.3 is 0 Å². The highest BCUT2D eigenvalue weighted by atomic mass is 32.2. The van der Waals surface area contributed by atoms with Gasteiger partial charge < -0.3 is 4.90 Å². The van der Waals surface area contributed by atoms with Gasteiger partial charge in [-0.25, -0.2) is 9.97 Å². The van der Waals surface area contributed by atoms with Crippen molar-refractivity contribution < 1.29 is 4.79 Å². The first kappa shape index (κ1) is 17.6. The molecule has 0 atom stereocenters. The van der Waals surface area contributed by atoms with Crippen LogP contribution in [0.4, 0.5) is 0 Å². The van der Waals surface area contributed by atoms with E-state index in [0.717, 1.165) is 22.5 Å². The van der Waals surface area contributed by atoms with E-state index < -0.39 is 0 Å². The van der Waals surface area contributed by atoms with Gasteiger partial charge in [-0.3, -0.25) is 4.79 Å². The standard InChI is InChI=1S/C19H19N3OS2/c1-14-10-17(16-6-4-3-5-7-16)21-19(20-14)25-13-18(23)22(2)11-15-8-9-24-12-15/h3-10,12H,11,13H2,1-2H3. The Bertz CT molecular complexity index is 835. The second-order valence-corrected chi connectivity index (χ2v) is 7.44. The Labute approximate surface area is 155 Å². The third kappa shape index (κ3) is 4.90. The van der Waals surface area contributed by atoms with Crippen LogP contribution in [-0.4, -0.2) is 33.6 Å². The molecule has 0 radical (unpaired) electrons. The van der Waals surface area contributed by atoms with Gasteiger partial charge in [0, 0.05) is 24.8 Å². The number of hydrogen-bond donors (Lipinski definition) is 0. The van der Waals surface area contributed by atoms with Crippen LogP contribution in [0.1, 0.15) is 11.3 Å². The van der Waals surface area contributed by atoms with Crippen molar-refractivity contribution in [2.75, 3.05) is 12.8 Å². The fourth-order valence-electron chi connectivity index (χ4n) is 2.34. The first-order valence-corrected chi connectivity index (χ1v) is 9.83. The van der Waals surface area contributed by atoms with Crippen molar-refractivity contribution in [2.24, 2.45) is 0 Å². The van der Waals surface area contributed by atoms with Crippen LogP contribution in [0.5, 0.6) is 0 Å². The van der Waals surface area contributed by atoms with E-state index in [1.165, 1.54) is 11.8 Å². The second-order valence-electron chi connectivity index (χ2n) is 5.71. The molecule has 0 saturated carbocycles. The van der Waals surface area contributed by atoms with Gasteiger partial charge in [0.05, 0.1) is 11.4 Å². The molecule has 0 aliphatic rings. The number of amides is 1. The minimum absolute atomic E-state index is 0.0718. The van der Waals surface area contributed by atoms with Gasteiger partial charge in [-0.05, 0) is 35.4 Å². The molecule has 0 fully saturated rings. The van der Waals surface area contributed by atoms with E-state index in [2.05, 4.69) is 15.3 Å². The van der Waals surface area contributed by atoms with Gasteiger partial charge in [0.1, 0.15) is 0 Å². The first-order valence-electron chi connectivity index (χ1n) is 7.91. The van der Waals surface area contributed by atoms with Gasteiger partial charge in [0.15, 0.2) is 5.16 Å². The lowest BCUT2D eigenvalue weighted by molar-refractivity contribution is -0.127. The van der Waals surface area contributed by atoms with E-state index in [4.69, 9.17) is 0 Å². The highest BCUT2D eigenvalue weighted by Crippen LogP contribution is 2.22. The van der Waals surface area contributed by atoms with Crippen LogP contribution in [-0.2, 0) is 11.3 Å². The maximum Gasteiger partial charge on any atom is 0.233 e. The molecule has 3 rings (SSSR count). The fraction of sp³-hybridized carbons (Fsp3) is 0.211. The number of aromatic nitrogens is 2. The van der Waals surface area contributed by atoms with E-state index in [1.54, 1.807) is 16.2 Å². The summed E-state index contributed by atoms with van der Waals surface area (Å²) in [6, 6.07) is 14.0. The van der Waals surface area contributed by atoms with Crippen molar-refractivity contribution in [1.82, 2.24) is 14.9 Å². The highest BCUT2D eigenvalue weighted by Gasteiger charge is 2.12. The molecule has 0 aliphatic carbocycles. The third-order valence-corrected chi connectivity index (χ3v) is 5.22. The SMILES string of the molecule is Cc1cc(-c2ccccc2)nc(SCC(=O)N(C)Cc2ccsc2)n1. The zero-order valence-corrected chi connectivity index (χ0v) is 15.8. The number of rotatable bonds is 6. The van der Waals surface area contributed by atoms with Gasteiger partial charge in [-0.2, -0.15) is 11.3 Å². The van der Waals surface area contributed by atoms with Crippen LogP contribution in [0.3, 0.4) is 0 Å². The molecule has 2 heterocycles. The Morgan fingerprint density at radius 2 is 2.00 bits per heavy atom. The largest absolute Gasteiger partial charge is 0.341 e. The molecule has 128 valence electrons. The summed E-state index contributed by atoms with van der Waals surface area (Å²) in [7, 11) is 1.83.